The third kappa shape index (κ3) is 7.38. The fraction of sp³-hybridized carbons (Fsp3) is 0.571. The van der Waals surface area contributed by atoms with Gasteiger partial charge in [-0.1, -0.05) is 19.1 Å². The highest BCUT2D eigenvalue weighted by atomic mass is 16.4. The fourth-order valence-corrected chi connectivity index (χ4v) is 3.90. The third-order valence-corrected chi connectivity index (χ3v) is 5.41. The molecule has 2 heterocycles. The summed E-state index contributed by atoms with van der Waals surface area (Å²) in [5.41, 5.74) is 1.14. The molecular weight excluding hydrogens is 376 g/mol. The standard InChI is InChI=1S/C19H28N2O2.C2H2O4/c1-15-4-3-9-21(13-15)19(23)17-7-10-20(11-8-17)14-16-5-2-6-18(22)12-16;3-1(4)2(5)6/h2,5-6,12,15,17,22H,3-4,7-11,13-14H2,1H3;(H,3,4)(H,5,6). The number of nitrogens with zero attached hydrogens (tertiary/aromatic N) is 2. The largest absolute Gasteiger partial charge is 0.508 e. The zero-order chi connectivity index (χ0) is 21.4. The van der Waals surface area contributed by atoms with Crippen LogP contribution in [0.1, 0.15) is 38.2 Å². The summed E-state index contributed by atoms with van der Waals surface area (Å²) in [6.45, 7) is 6.94. The molecule has 0 saturated carbocycles. The first-order valence-corrected chi connectivity index (χ1v) is 10.0. The molecule has 1 aromatic rings. The second kappa shape index (κ2) is 10.8. The summed E-state index contributed by atoms with van der Waals surface area (Å²) in [6, 6.07) is 7.46. The summed E-state index contributed by atoms with van der Waals surface area (Å²) >= 11 is 0. The lowest BCUT2D eigenvalue weighted by molar-refractivity contribution is -0.159. The number of carbonyl (C=O) groups is 3. The number of amides is 1. The summed E-state index contributed by atoms with van der Waals surface area (Å²) < 4.78 is 0. The highest BCUT2D eigenvalue weighted by Gasteiger charge is 2.30. The Kier molecular flexibility index (Phi) is 8.45. The molecule has 8 heteroatoms. The maximum absolute atomic E-state index is 12.7. The average molecular weight is 406 g/mol. The van der Waals surface area contributed by atoms with Gasteiger partial charge in [-0.05, 0) is 62.4 Å². The van der Waals surface area contributed by atoms with Gasteiger partial charge in [0.05, 0.1) is 0 Å². The quantitative estimate of drug-likeness (QED) is 0.657. The van der Waals surface area contributed by atoms with Crippen molar-refractivity contribution in [2.75, 3.05) is 26.2 Å². The van der Waals surface area contributed by atoms with Gasteiger partial charge in [0.1, 0.15) is 5.75 Å². The number of aliphatic carboxylic acids is 2. The minimum absolute atomic E-state index is 0.209. The lowest BCUT2D eigenvalue weighted by Crippen LogP contribution is -2.45. The predicted molar refractivity (Wildman–Crippen MR) is 106 cm³/mol. The maximum atomic E-state index is 12.7. The topological polar surface area (TPSA) is 118 Å². The smallest absolute Gasteiger partial charge is 0.414 e. The van der Waals surface area contributed by atoms with E-state index in [0.29, 0.717) is 17.6 Å². The van der Waals surface area contributed by atoms with Gasteiger partial charge in [0.15, 0.2) is 0 Å². The molecule has 2 fully saturated rings. The maximum Gasteiger partial charge on any atom is 0.414 e. The first-order valence-electron chi connectivity index (χ1n) is 10.0. The van der Waals surface area contributed by atoms with Crippen molar-refractivity contribution in [3.05, 3.63) is 29.8 Å². The molecule has 8 nitrogen and oxygen atoms in total. The molecule has 0 spiro atoms. The van der Waals surface area contributed by atoms with Crippen LogP contribution in [0, 0.1) is 11.8 Å². The van der Waals surface area contributed by atoms with Crippen LogP contribution >= 0.6 is 0 Å². The number of rotatable bonds is 3. The lowest BCUT2D eigenvalue weighted by atomic mass is 9.92. The molecule has 0 aliphatic carbocycles. The van der Waals surface area contributed by atoms with E-state index in [2.05, 4.69) is 16.7 Å². The zero-order valence-corrected chi connectivity index (χ0v) is 16.8. The van der Waals surface area contributed by atoms with Gasteiger partial charge < -0.3 is 20.2 Å². The SMILES string of the molecule is CC1CCCN(C(=O)C2CCN(Cc3cccc(O)c3)CC2)C1.O=C(O)C(=O)O. The number of phenolic OH excluding ortho intramolecular Hbond substituents is 1. The Balaban J connectivity index is 0.000000438. The molecule has 160 valence electrons. The van der Waals surface area contributed by atoms with Crippen LogP contribution in [-0.4, -0.2) is 69.1 Å². The number of likely N-dealkylation sites (tertiary alicyclic amines) is 2. The number of carboxylic acid groups (broad SMARTS) is 2. The zero-order valence-electron chi connectivity index (χ0n) is 16.8. The van der Waals surface area contributed by atoms with Gasteiger partial charge in [0.2, 0.25) is 5.91 Å². The van der Waals surface area contributed by atoms with Crippen LogP contribution in [0.4, 0.5) is 0 Å². The van der Waals surface area contributed by atoms with Crippen molar-refractivity contribution in [1.29, 1.82) is 0 Å². The molecule has 1 unspecified atom stereocenters. The summed E-state index contributed by atoms with van der Waals surface area (Å²) in [5, 5.41) is 24.3. The van der Waals surface area contributed by atoms with Crippen LogP contribution in [-0.2, 0) is 20.9 Å². The molecule has 3 N–H and O–H groups in total. The van der Waals surface area contributed by atoms with E-state index in [1.54, 1.807) is 6.07 Å². The van der Waals surface area contributed by atoms with Gasteiger partial charge in [-0.25, -0.2) is 9.59 Å². The highest BCUT2D eigenvalue weighted by Crippen LogP contribution is 2.24. The summed E-state index contributed by atoms with van der Waals surface area (Å²) in [7, 11) is 0. The minimum atomic E-state index is -1.82. The van der Waals surface area contributed by atoms with E-state index in [4.69, 9.17) is 19.8 Å². The number of carbonyl (C=O) groups excluding carboxylic acids is 1. The molecule has 0 bridgehead atoms. The molecule has 1 atom stereocenters. The van der Waals surface area contributed by atoms with Crippen molar-refractivity contribution < 1.29 is 29.7 Å². The second-order valence-electron chi connectivity index (χ2n) is 7.86. The monoisotopic (exact) mass is 406 g/mol. The molecule has 2 aliphatic rings. The number of benzene rings is 1. The minimum Gasteiger partial charge on any atom is -0.508 e. The molecule has 2 saturated heterocycles. The van der Waals surface area contributed by atoms with Crippen LogP contribution in [0.5, 0.6) is 5.75 Å². The number of aromatic hydroxyl groups is 1. The Labute approximate surface area is 170 Å². The van der Waals surface area contributed by atoms with Crippen LogP contribution < -0.4 is 0 Å². The summed E-state index contributed by atoms with van der Waals surface area (Å²) in [4.78, 5) is 35.4. The molecule has 2 aliphatic heterocycles. The second-order valence-corrected chi connectivity index (χ2v) is 7.86. The van der Waals surface area contributed by atoms with Gasteiger partial charge >= 0.3 is 11.9 Å². The van der Waals surface area contributed by atoms with E-state index in [1.165, 1.54) is 6.42 Å². The van der Waals surface area contributed by atoms with E-state index in [9.17, 15) is 9.90 Å². The van der Waals surface area contributed by atoms with Gasteiger partial charge in [-0.3, -0.25) is 9.69 Å². The molecule has 29 heavy (non-hydrogen) atoms. The molecule has 1 amide bonds. The molecular formula is C21H30N2O6. The summed E-state index contributed by atoms with van der Waals surface area (Å²) in [6.07, 6.45) is 4.33. The van der Waals surface area contributed by atoms with Gasteiger partial charge in [-0.2, -0.15) is 0 Å². The van der Waals surface area contributed by atoms with Gasteiger partial charge in [0.25, 0.3) is 0 Å². The average Bonchev–Trinajstić information content (AvgIpc) is 2.68. The number of hydrogen-bond acceptors (Lipinski definition) is 5. The van der Waals surface area contributed by atoms with Crippen molar-refractivity contribution in [1.82, 2.24) is 9.80 Å². The number of phenols is 1. The van der Waals surface area contributed by atoms with E-state index in [1.807, 2.05) is 18.2 Å². The Morgan fingerprint density at radius 2 is 1.69 bits per heavy atom. The van der Waals surface area contributed by atoms with Crippen molar-refractivity contribution >= 4 is 17.8 Å². The lowest BCUT2D eigenvalue weighted by Gasteiger charge is -2.37. The Morgan fingerprint density at radius 1 is 1.03 bits per heavy atom. The van der Waals surface area contributed by atoms with E-state index in [-0.39, 0.29) is 5.92 Å². The summed E-state index contributed by atoms with van der Waals surface area (Å²) in [5.74, 6) is -2.08. The number of piperidine rings is 2. The van der Waals surface area contributed by atoms with E-state index >= 15 is 0 Å². The number of hydrogen-bond donors (Lipinski definition) is 3. The van der Waals surface area contributed by atoms with Crippen LogP contribution in [0.15, 0.2) is 24.3 Å². The van der Waals surface area contributed by atoms with Crippen LogP contribution in [0.2, 0.25) is 0 Å². The first-order chi connectivity index (χ1) is 13.8. The normalized spacial score (nSPS) is 20.4. The Morgan fingerprint density at radius 3 is 2.24 bits per heavy atom. The first kappa shape index (κ1) is 22.7. The van der Waals surface area contributed by atoms with Crippen molar-refractivity contribution in [3.63, 3.8) is 0 Å². The Hall–Kier alpha value is -2.61. The molecule has 1 aromatic carbocycles. The molecule has 0 radical (unpaired) electrons. The molecule has 3 rings (SSSR count). The number of carboxylic acids is 2. The van der Waals surface area contributed by atoms with Gasteiger partial charge in [0, 0.05) is 25.6 Å². The van der Waals surface area contributed by atoms with Crippen molar-refractivity contribution in [3.8, 4) is 5.75 Å². The van der Waals surface area contributed by atoms with Crippen LogP contribution in [0.25, 0.3) is 0 Å². The van der Waals surface area contributed by atoms with Crippen molar-refractivity contribution in [2.24, 2.45) is 11.8 Å². The predicted octanol–water partition coefficient (Wildman–Crippen LogP) is 2.02. The third-order valence-electron chi connectivity index (χ3n) is 5.41. The van der Waals surface area contributed by atoms with Crippen molar-refractivity contribution in [2.45, 2.75) is 39.2 Å². The molecule has 0 aromatic heterocycles. The van der Waals surface area contributed by atoms with Gasteiger partial charge in [-0.15, -0.1) is 0 Å². The van der Waals surface area contributed by atoms with E-state index in [0.717, 1.165) is 57.5 Å². The highest BCUT2D eigenvalue weighted by molar-refractivity contribution is 6.27. The van der Waals surface area contributed by atoms with Crippen LogP contribution in [0.3, 0.4) is 0 Å². The fourth-order valence-electron chi connectivity index (χ4n) is 3.90. The van der Waals surface area contributed by atoms with E-state index < -0.39 is 11.9 Å². The Bertz CT molecular complexity index is 703.